The Morgan fingerprint density at radius 1 is 1.20 bits per heavy atom. The van der Waals surface area contributed by atoms with Crippen LogP contribution >= 0.6 is 0 Å². The Morgan fingerprint density at radius 2 is 1.80 bits per heavy atom. The van der Waals surface area contributed by atoms with Crippen molar-refractivity contribution in [3.63, 3.8) is 0 Å². The molecule has 7 nitrogen and oxygen atoms in total. The first-order chi connectivity index (χ1) is 11.7. The number of anilines is 1. The molecule has 0 aromatic carbocycles. The Hall–Kier alpha value is -1.80. The molecule has 4 saturated heterocycles. The van der Waals surface area contributed by atoms with Crippen molar-refractivity contribution in [2.45, 2.75) is 57.4 Å². The summed E-state index contributed by atoms with van der Waals surface area (Å²) >= 11 is 0. The molecule has 0 saturated carbocycles. The highest BCUT2D eigenvalue weighted by Gasteiger charge is 2.52. The van der Waals surface area contributed by atoms with Gasteiger partial charge in [-0.2, -0.15) is 0 Å². The van der Waals surface area contributed by atoms with Gasteiger partial charge >= 0.3 is 13.2 Å². The van der Waals surface area contributed by atoms with Gasteiger partial charge in [-0.3, -0.25) is 4.90 Å². The van der Waals surface area contributed by atoms with Crippen molar-refractivity contribution in [1.82, 2.24) is 9.88 Å². The van der Waals surface area contributed by atoms with Gasteiger partial charge in [0, 0.05) is 24.7 Å². The largest absolute Gasteiger partial charge is 0.496 e. The van der Waals surface area contributed by atoms with Crippen molar-refractivity contribution in [2.24, 2.45) is 0 Å². The van der Waals surface area contributed by atoms with Gasteiger partial charge in [0.1, 0.15) is 5.82 Å². The van der Waals surface area contributed by atoms with E-state index in [1.807, 2.05) is 39.8 Å². The smallest absolute Gasteiger partial charge is 0.465 e. The van der Waals surface area contributed by atoms with E-state index in [2.05, 4.69) is 9.88 Å². The van der Waals surface area contributed by atoms with Gasteiger partial charge in [0.05, 0.1) is 23.3 Å². The van der Waals surface area contributed by atoms with Crippen LogP contribution in [-0.2, 0) is 9.31 Å². The highest BCUT2D eigenvalue weighted by atomic mass is 16.7. The lowest BCUT2D eigenvalue weighted by atomic mass is 9.80. The lowest BCUT2D eigenvalue weighted by Gasteiger charge is -2.55. The minimum Gasteiger partial charge on any atom is -0.465 e. The average Bonchev–Trinajstić information content (AvgIpc) is 2.75. The summed E-state index contributed by atoms with van der Waals surface area (Å²) < 4.78 is 12.1. The molecular weight excluding hydrogens is 321 g/mol. The first-order valence-electron chi connectivity index (χ1n) is 8.76. The van der Waals surface area contributed by atoms with Gasteiger partial charge in [-0.15, -0.1) is 0 Å². The molecule has 4 aliphatic rings. The van der Waals surface area contributed by atoms with Gasteiger partial charge < -0.3 is 19.3 Å². The molecule has 4 aliphatic heterocycles. The molecule has 0 aliphatic carbocycles. The molecule has 4 fully saturated rings. The van der Waals surface area contributed by atoms with E-state index < -0.39 is 13.2 Å². The van der Waals surface area contributed by atoms with E-state index in [0.717, 1.165) is 17.7 Å². The van der Waals surface area contributed by atoms with E-state index in [-0.39, 0.29) is 23.3 Å². The molecule has 1 aromatic heterocycles. The number of nitrogens with zero attached hydrogens (tertiary/aromatic N) is 3. The predicted molar refractivity (Wildman–Crippen MR) is 94.2 cm³/mol. The maximum Gasteiger partial charge on any atom is 0.496 e. The number of hydrogen-bond donors (Lipinski definition) is 1. The summed E-state index contributed by atoms with van der Waals surface area (Å²) in [6, 6.07) is 4.12. The van der Waals surface area contributed by atoms with E-state index in [1.54, 1.807) is 11.1 Å². The molecule has 25 heavy (non-hydrogen) atoms. The number of pyridine rings is 1. The Bertz CT molecular complexity index is 666. The van der Waals surface area contributed by atoms with Crippen LogP contribution in [0.2, 0.25) is 0 Å². The van der Waals surface area contributed by atoms with Crippen LogP contribution in [0.15, 0.2) is 18.3 Å². The zero-order valence-corrected chi connectivity index (χ0v) is 15.1. The molecular formula is C17H24BN3O4. The first-order valence-corrected chi connectivity index (χ1v) is 8.76. The summed E-state index contributed by atoms with van der Waals surface area (Å²) in [7, 11) is -0.413. The fourth-order valence-corrected chi connectivity index (χ4v) is 3.81. The summed E-state index contributed by atoms with van der Waals surface area (Å²) in [4.78, 5) is 19.5. The van der Waals surface area contributed by atoms with E-state index in [4.69, 9.17) is 9.31 Å². The van der Waals surface area contributed by atoms with Crippen LogP contribution in [-0.4, -0.2) is 64.6 Å². The van der Waals surface area contributed by atoms with Crippen molar-refractivity contribution in [3.05, 3.63) is 18.3 Å². The SMILES string of the molecule is CC1(C)OB(c2ccc(N3CC4CC(C3)N4C(=O)O)nc2)OC1(C)C. The fourth-order valence-electron chi connectivity index (χ4n) is 3.81. The van der Waals surface area contributed by atoms with Crippen LogP contribution in [0.5, 0.6) is 0 Å². The van der Waals surface area contributed by atoms with E-state index >= 15 is 0 Å². The summed E-state index contributed by atoms with van der Waals surface area (Å²) in [5, 5.41) is 9.20. The van der Waals surface area contributed by atoms with Crippen LogP contribution < -0.4 is 10.4 Å². The molecule has 8 heteroatoms. The maximum atomic E-state index is 11.2. The number of carbonyl (C=O) groups is 1. The molecule has 5 heterocycles. The predicted octanol–water partition coefficient (Wildman–Crippen LogP) is 1.32. The maximum absolute atomic E-state index is 11.2. The van der Waals surface area contributed by atoms with Crippen molar-refractivity contribution >= 4 is 24.5 Å². The average molecular weight is 345 g/mol. The van der Waals surface area contributed by atoms with E-state index in [0.29, 0.717) is 13.1 Å². The second-order valence-electron chi connectivity index (χ2n) is 8.18. The second kappa shape index (κ2) is 5.35. The van der Waals surface area contributed by atoms with Gasteiger partial charge in [0.2, 0.25) is 0 Å². The van der Waals surface area contributed by atoms with Crippen molar-refractivity contribution in [2.75, 3.05) is 18.0 Å². The second-order valence-corrected chi connectivity index (χ2v) is 8.18. The highest BCUT2D eigenvalue weighted by Crippen LogP contribution is 2.37. The minimum absolute atomic E-state index is 0.0841. The van der Waals surface area contributed by atoms with Crippen LogP contribution in [0.1, 0.15) is 34.1 Å². The number of aromatic nitrogens is 1. The van der Waals surface area contributed by atoms with Crippen LogP contribution in [0, 0.1) is 0 Å². The van der Waals surface area contributed by atoms with Crippen molar-refractivity contribution in [1.29, 1.82) is 0 Å². The quantitative estimate of drug-likeness (QED) is 0.815. The molecule has 0 spiro atoms. The molecule has 1 N–H and O–H groups in total. The fraction of sp³-hybridized carbons (Fsp3) is 0.647. The Balaban J connectivity index is 1.45. The molecule has 5 rings (SSSR count). The molecule has 0 radical (unpaired) electrons. The van der Waals surface area contributed by atoms with Crippen LogP contribution in [0.3, 0.4) is 0 Å². The normalized spacial score (nSPS) is 29.5. The van der Waals surface area contributed by atoms with E-state index in [1.165, 1.54) is 0 Å². The molecule has 2 unspecified atom stereocenters. The number of rotatable bonds is 2. The summed E-state index contributed by atoms with van der Waals surface area (Å²) in [5.74, 6) is 0.875. The number of hydrogen-bond acceptors (Lipinski definition) is 5. The van der Waals surface area contributed by atoms with Gasteiger partial charge in [0.15, 0.2) is 0 Å². The molecule has 2 atom stereocenters. The zero-order valence-electron chi connectivity index (χ0n) is 15.1. The number of carboxylic acid groups (broad SMARTS) is 1. The van der Waals surface area contributed by atoms with Gasteiger partial charge in [-0.1, -0.05) is 6.07 Å². The number of piperazine rings is 1. The van der Waals surface area contributed by atoms with Gasteiger partial charge in [-0.25, -0.2) is 9.78 Å². The topological polar surface area (TPSA) is 75.1 Å². The third kappa shape index (κ3) is 2.59. The Labute approximate surface area is 148 Å². The monoisotopic (exact) mass is 345 g/mol. The molecule has 1 amide bonds. The van der Waals surface area contributed by atoms with Crippen LogP contribution in [0.4, 0.5) is 10.6 Å². The number of fused-ring (bicyclic) bond motifs is 2. The zero-order chi connectivity index (χ0) is 18.0. The lowest BCUT2D eigenvalue weighted by Crippen LogP contribution is -2.70. The van der Waals surface area contributed by atoms with Crippen molar-refractivity contribution in [3.8, 4) is 0 Å². The standard InChI is InChI=1S/C17H24BN3O4/c1-16(2)17(3,4)25-18(24-16)11-5-6-14(19-8-11)20-9-12-7-13(10-20)21(12)15(22)23/h5-6,8,12-13H,7,9-10H2,1-4H3,(H,22,23). The third-order valence-corrected chi connectivity index (χ3v) is 6.03. The third-order valence-electron chi connectivity index (χ3n) is 6.03. The summed E-state index contributed by atoms with van der Waals surface area (Å²) in [6.45, 7) is 9.52. The first kappa shape index (κ1) is 16.7. The Kier molecular flexibility index (Phi) is 3.56. The molecule has 2 bridgehead atoms. The molecule has 134 valence electrons. The minimum atomic E-state index is -0.815. The van der Waals surface area contributed by atoms with Crippen LogP contribution in [0.25, 0.3) is 0 Å². The number of piperidine rings is 1. The number of amides is 1. The van der Waals surface area contributed by atoms with Gasteiger partial charge in [-0.05, 0) is 40.2 Å². The summed E-state index contributed by atoms with van der Waals surface area (Å²) in [5.41, 5.74) is 0.159. The lowest BCUT2D eigenvalue weighted by molar-refractivity contribution is 0.00578. The van der Waals surface area contributed by atoms with E-state index in [9.17, 15) is 9.90 Å². The Morgan fingerprint density at radius 3 is 2.28 bits per heavy atom. The summed E-state index contributed by atoms with van der Waals surface area (Å²) in [6.07, 6.45) is 1.94. The van der Waals surface area contributed by atoms with Crippen molar-refractivity contribution < 1.29 is 19.2 Å². The van der Waals surface area contributed by atoms with Gasteiger partial charge in [0.25, 0.3) is 0 Å². The highest BCUT2D eigenvalue weighted by molar-refractivity contribution is 6.62. The molecule has 1 aromatic rings.